The molecule has 126 valence electrons. The van der Waals surface area contributed by atoms with Crippen LogP contribution in [0.4, 0.5) is 0 Å². The zero-order valence-electron chi connectivity index (χ0n) is 14.3. The monoisotopic (exact) mass is 309 g/mol. The number of nitrogens with zero attached hydrogens (tertiary/aromatic N) is 2. The Bertz CT molecular complexity index is 391. The Hall–Kier alpha value is -1.10. The van der Waals surface area contributed by atoms with Gasteiger partial charge in [0.25, 0.3) is 0 Å². The Morgan fingerprint density at radius 3 is 2.55 bits per heavy atom. The molecule has 2 unspecified atom stereocenters. The summed E-state index contributed by atoms with van der Waals surface area (Å²) in [5.41, 5.74) is 0. The first-order valence-corrected chi connectivity index (χ1v) is 8.67. The summed E-state index contributed by atoms with van der Waals surface area (Å²) in [6.07, 6.45) is 7.65. The highest BCUT2D eigenvalue weighted by Gasteiger charge is 2.30. The number of likely N-dealkylation sites (tertiary alicyclic amines) is 1. The van der Waals surface area contributed by atoms with Crippen molar-refractivity contribution in [1.82, 2.24) is 15.1 Å². The largest absolute Gasteiger partial charge is 0.354 e. The summed E-state index contributed by atoms with van der Waals surface area (Å²) in [6, 6.07) is 0.409. The third-order valence-corrected chi connectivity index (χ3v) is 5.37. The van der Waals surface area contributed by atoms with Crippen molar-refractivity contribution in [3.8, 4) is 0 Å². The number of carbonyl (C=O) groups is 2. The van der Waals surface area contributed by atoms with E-state index in [1.165, 1.54) is 32.1 Å². The Balaban J connectivity index is 1.83. The van der Waals surface area contributed by atoms with E-state index in [1.807, 2.05) is 7.05 Å². The number of hydrogen-bond donors (Lipinski definition) is 1. The lowest BCUT2D eigenvalue weighted by Gasteiger charge is -2.35. The molecule has 5 nitrogen and oxygen atoms in total. The highest BCUT2D eigenvalue weighted by Crippen LogP contribution is 2.28. The van der Waals surface area contributed by atoms with Crippen LogP contribution in [0.3, 0.4) is 0 Å². The molecule has 22 heavy (non-hydrogen) atoms. The molecular formula is C17H31N3O2. The molecule has 2 rings (SSSR count). The van der Waals surface area contributed by atoms with E-state index in [0.29, 0.717) is 31.5 Å². The van der Waals surface area contributed by atoms with E-state index in [1.54, 1.807) is 4.90 Å². The van der Waals surface area contributed by atoms with Gasteiger partial charge in [0.15, 0.2) is 0 Å². The van der Waals surface area contributed by atoms with Gasteiger partial charge in [0.05, 0.1) is 0 Å². The third-order valence-electron chi connectivity index (χ3n) is 5.37. The molecule has 1 N–H and O–H groups in total. The highest BCUT2D eigenvalue weighted by molar-refractivity contribution is 5.86. The average molecular weight is 309 g/mol. The normalized spacial score (nSPS) is 25.4. The first-order chi connectivity index (χ1) is 10.5. The molecule has 0 radical (unpaired) electrons. The molecule has 1 heterocycles. The number of likely N-dealkylation sites (N-methyl/N-ethyl adjacent to an activating group) is 1. The maximum Gasteiger partial charge on any atom is 0.223 e. The Morgan fingerprint density at radius 1 is 1.27 bits per heavy atom. The lowest BCUT2D eigenvalue weighted by Crippen LogP contribution is -2.48. The van der Waals surface area contributed by atoms with E-state index in [9.17, 15) is 9.59 Å². The van der Waals surface area contributed by atoms with Crippen LogP contribution in [0.25, 0.3) is 0 Å². The van der Waals surface area contributed by atoms with E-state index in [0.717, 1.165) is 6.42 Å². The number of rotatable bonds is 5. The molecule has 0 aromatic heterocycles. The molecule has 1 saturated heterocycles. The van der Waals surface area contributed by atoms with Crippen LogP contribution in [0.15, 0.2) is 0 Å². The van der Waals surface area contributed by atoms with Crippen LogP contribution >= 0.6 is 0 Å². The molecule has 0 spiro atoms. The SMILES string of the molecule is CN1CCC(C(=O)NCC(C2CCCCC2)N(C)C)CC1=O. The molecule has 0 aromatic rings. The lowest BCUT2D eigenvalue weighted by molar-refractivity contribution is -0.139. The van der Waals surface area contributed by atoms with Gasteiger partial charge in [0.2, 0.25) is 11.8 Å². The molecule has 0 bridgehead atoms. The standard InChI is InChI=1S/C17H31N3O2/c1-19(2)15(13-7-5-4-6-8-13)12-18-17(22)14-9-10-20(3)16(21)11-14/h13-15H,4-12H2,1-3H3,(H,18,22). The molecule has 2 fully saturated rings. The van der Waals surface area contributed by atoms with Crippen LogP contribution in [0.1, 0.15) is 44.9 Å². The van der Waals surface area contributed by atoms with Crippen molar-refractivity contribution in [3.63, 3.8) is 0 Å². The minimum atomic E-state index is -0.141. The van der Waals surface area contributed by atoms with Gasteiger partial charge >= 0.3 is 0 Å². The van der Waals surface area contributed by atoms with Crippen LogP contribution in [-0.2, 0) is 9.59 Å². The van der Waals surface area contributed by atoms with Crippen molar-refractivity contribution >= 4 is 11.8 Å². The van der Waals surface area contributed by atoms with Crippen LogP contribution in [0, 0.1) is 11.8 Å². The molecule has 2 aliphatic rings. The van der Waals surface area contributed by atoms with E-state index in [-0.39, 0.29) is 17.7 Å². The molecule has 1 aliphatic heterocycles. The molecular weight excluding hydrogens is 278 g/mol. The van der Waals surface area contributed by atoms with Gasteiger partial charge in [0, 0.05) is 38.5 Å². The number of carbonyl (C=O) groups excluding carboxylic acids is 2. The maximum atomic E-state index is 12.4. The van der Waals surface area contributed by atoms with Crippen molar-refractivity contribution in [1.29, 1.82) is 0 Å². The van der Waals surface area contributed by atoms with Gasteiger partial charge in [0.1, 0.15) is 0 Å². The topological polar surface area (TPSA) is 52.7 Å². The van der Waals surface area contributed by atoms with E-state index >= 15 is 0 Å². The van der Waals surface area contributed by atoms with Gasteiger partial charge in [-0.2, -0.15) is 0 Å². The zero-order chi connectivity index (χ0) is 16.1. The molecule has 1 saturated carbocycles. The Morgan fingerprint density at radius 2 is 1.95 bits per heavy atom. The quantitative estimate of drug-likeness (QED) is 0.837. The van der Waals surface area contributed by atoms with Gasteiger partial charge in [-0.05, 0) is 39.3 Å². The second kappa shape index (κ2) is 7.95. The number of hydrogen-bond acceptors (Lipinski definition) is 3. The number of amides is 2. The van der Waals surface area contributed by atoms with E-state index in [2.05, 4.69) is 24.3 Å². The van der Waals surface area contributed by atoms with Crippen LogP contribution in [0.5, 0.6) is 0 Å². The third kappa shape index (κ3) is 4.45. The fraction of sp³-hybridized carbons (Fsp3) is 0.882. The van der Waals surface area contributed by atoms with Crippen molar-refractivity contribution < 1.29 is 9.59 Å². The number of piperidine rings is 1. The molecule has 0 aromatic carbocycles. The van der Waals surface area contributed by atoms with Gasteiger partial charge < -0.3 is 15.1 Å². The van der Waals surface area contributed by atoms with Gasteiger partial charge in [-0.3, -0.25) is 9.59 Å². The zero-order valence-corrected chi connectivity index (χ0v) is 14.3. The summed E-state index contributed by atoms with van der Waals surface area (Å²) in [5.74, 6) is 0.688. The van der Waals surface area contributed by atoms with Crippen molar-refractivity contribution in [2.75, 3.05) is 34.2 Å². The molecule has 2 amide bonds. The van der Waals surface area contributed by atoms with Crippen molar-refractivity contribution in [2.45, 2.75) is 51.0 Å². The second-order valence-corrected chi connectivity index (χ2v) is 7.18. The van der Waals surface area contributed by atoms with Crippen molar-refractivity contribution in [3.05, 3.63) is 0 Å². The predicted molar refractivity (Wildman–Crippen MR) is 87.4 cm³/mol. The minimum absolute atomic E-state index is 0.0594. The van der Waals surface area contributed by atoms with Gasteiger partial charge in [-0.25, -0.2) is 0 Å². The summed E-state index contributed by atoms with van der Waals surface area (Å²) in [6.45, 7) is 1.40. The summed E-state index contributed by atoms with van der Waals surface area (Å²) < 4.78 is 0. The summed E-state index contributed by atoms with van der Waals surface area (Å²) in [7, 11) is 6.01. The summed E-state index contributed by atoms with van der Waals surface area (Å²) in [5, 5.41) is 3.12. The molecule has 1 aliphatic carbocycles. The Kier molecular flexibility index (Phi) is 6.24. The average Bonchev–Trinajstić information content (AvgIpc) is 2.50. The second-order valence-electron chi connectivity index (χ2n) is 7.18. The molecule has 2 atom stereocenters. The van der Waals surface area contributed by atoms with Gasteiger partial charge in [-0.1, -0.05) is 19.3 Å². The van der Waals surface area contributed by atoms with Crippen LogP contribution in [-0.4, -0.2) is 61.9 Å². The van der Waals surface area contributed by atoms with Crippen molar-refractivity contribution in [2.24, 2.45) is 11.8 Å². The Labute approximate surface area is 134 Å². The maximum absolute atomic E-state index is 12.4. The summed E-state index contributed by atoms with van der Waals surface area (Å²) >= 11 is 0. The fourth-order valence-corrected chi connectivity index (χ4v) is 3.81. The summed E-state index contributed by atoms with van der Waals surface area (Å²) in [4.78, 5) is 28.1. The fourth-order valence-electron chi connectivity index (χ4n) is 3.81. The first kappa shape index (κ1) is 17.3. The van der Waals surface area contributed by atoms with E-state index < -0.39 is 0 Å². The number of nitrogens with one attached hydrogen (secondary N) is 1. The molecule has 5 heteroatoms. The van der Waals surface area contributed by atoms with Crippen LogP contribution < -0.4 is 5.32 Å². The van der Waals surface area contributed by atoms with Gasteiger partial charge in [-0.15, -0.1) is 0 Å². The minimum Gasteiger partial charge on any atom is -0.354 e. The smallest absolute Gasteiger partial charge is 0.223 e. The van der Waals surface area contributed by atoms with Crippen LogP contribution in [0.2, 0.25) is 0 Å². The highest BCUT2D eigenvalue weighted by atomic mass is 16.2. The van der Waals surface area contributed by atoms with E-state index in [4.69, 9.17) is 0 Å². The lowest BCUT2D eigenvalue weighted by atomic mass is 9.83. The predicted octanol–water partition coefficient (Wildman–Crippen LogP) is 1.48. The first-order valence-electron chi connectivity index (χ1n) is 8.67.